The summed E-state index contributed by atoms with van der Waals surface area (Å²) in [5.74, 6) is -0.244. The average molecular weight is 403 g/mol. The Hall–Kier alpha value is -3.25. The van der Waals surface area contributed by atoms with Gasteiger partial charge in [0.25, 0.3) is 5.91 Å². The summed E-state index contributed by atoms with van der Waals surface area (Å²) in [6, 6.07) is 15.2. The SMILES string of the molecule is CC(=O)Nc1ccc(-c2cc(C(=O)NC[C@H]3CCCO3)c3cc(C)ccc3n2)cc1. The molecule has 0 saturated carbocycles. The maximum absolute atomic E-state index is 13.0. The second-order valence-electron chi connectivity index (χ2n) is 7.68. The number of rotatable bonds is 5. The van der Waals surface area contributed by atoms with Crippen molar-refractivity contribution in [1.29, 1.82) is 0 Å². The molecule has 1 fully saturated rings. The Morgan fingerprint density at radius 3 is 2.63 bits per heavy atom. The van der Waals surface area contributed by atoms with E-state index in [9.17, 15) is 9.59 Å². The standard InChI is InChI=1S/C24H25N3O3/c1-15-5-10-22-20(12-15)21(24(29)25-14-19-4-3-11-30-19)13-23(27-22)17-6-8-18(9-7-17)26-16(2)28/h5-10,12-13,19H,3-4,11,14H2,1-2H3,(H,25,29)(H,26,28)/t19-/m1/s1. The third-order valence-corrected chi connectivity index (χ3v) is 5.22. The largest absolute Gasteiger partial charge is 0.376 e. The Morgan fingerprint density at radius 1 is 1.13 bits per heavy atom. The van der Waals surface area contributed by atoms with Gasteiger partial charge >= 0.3 is 0 Å². The van der Waals surface area contributed by atoms with Crippen molar-refractivity contribution in [1.82, 2.24) is 10.3 Å². The highest BCUT2D eigenvalue weighted by Crippen LogP contribution is 2.27. The number of hydrogen-bond acceptors (Lipinski definition) is 4. The maximum atomic E-state index is 13.0. The van der Waals surface area contributed by atoms with Crippen molar-refractivity contribution in [3.8, 4) is 11.3 Å². The molecular weight excluding hydrogens is 378 g/mol. The van der Waals surface area contributed by atoms with Crippen molar-refractivity contribution >= 4 is 28.4 Å². The van der Waals surface area contributed by atoms with E-state index in [0.717, 1.165) is 47.2 Å². The van der Waals surface area contributed by atoms with Gasteiger partial charge in [0, 0.05) is 36.7 Å². The number of carbonyl (C=O) groups excluding carboxylic acids is 2. The van der Waals surface area contributed by atoms with Gasteiger partial charge in [-0.3, -0.25) is 9.59 Å². The topological polar surface area (TPSA) is 80.3 Å². The van der Waals surface area contributed by atoms with Crippen LogP contribution in [0.4, 0.5) is 5.69 Å². The lowest BCUT2D eigenvalue weighted by atomic mass is 10.0. The van der Waals surface area contributed by atoms with Crippen LogP contribution in [-0.2, 0) is 9.53 Å². The first-order chi connectivity index (χ1) is 14.5. The van der Waals surface area contributed by atoms with Crippen LogP contribution in [0.3, 0.4) is 0 Å². The summed E-state index contributed by atoms with van der Waals surface area (Å²) in [6.45, 7) is 4.75. The second kappa shape index (κ2) is 8.63. The zero-order chi connectivity index (χ0) is 21.1. The van der Waals surface area contributed by atoms with Gasteiger partial charge in [-0.25, -0.2) is 4.98 Å². The van der Waals surface area contributed by atoms with Gasteiger partial charge < -0.3 is 15.4 Å². The Labute approximate surface area is 175 Å². The van der Waals surface area contributed by atoms with E-state index in [1.54, 1.807) is 0 Å². The summed E-state index contributed by atoms with van der Waals surface area (Å²) in [5, 5.41) is 6.61. The summed E-state index contributed by atoms with van der Waals surface area (Å²) >= 11 is 0. The number of aryl methyl sites for hydroxylation is 1. The number of nitrogens with zero attached hydrogens (tertiary/aromatic N) is 1. The molecule has 3 aromatic rings. The van der Waals surface area contributed by atoms with Crippen molar-refractivity contribution in [2.75, 3.05) is 18.5 Å². The molecule has 2 amide bonds. The van der Waals surface area contributed by atoms with Gasteiger partial charge in [0.2, 0.25) is 5.91 Å². The molecule has 2 aromatic carbocycles. The van der Waals surface area contributed by atoms with Crippen molar-refractivity contribution in [2.24, 2.45) is 0 Å². The number of carbonyl (C=O) groups is 2. The molecular formula is C24H25N3O3. The normalized spacial score (nSPS) is 15.9. The molecule has 0 unspecified atom stereocenters. The van der Waals surface area contributed by atoms with Crippen molar-refractivity contribution in [2.45, 2.75) is 32.8 Å². The number of aromatic nitrogens is 1. The first-order valence-corrected chi connectivity index (χ1v) is 10.2. The van der Waals surface area contributed by atoms with Crippen LogP contribution >= 0.6 is 0 Å². The molecule has 1 aromatic heterocycles. The van der Waals surface area contributed by atoms with Gasteiger partial charge in [0.15, 0.2) is 0 Å². The molecule has 1 atom stereocenters. The Kier molecular flexibility index (Phi) is 5.77. The molecule has 2 heterocycles. The monoisotopic (exact) mass is 403 g/mol. The second-order valence-corrected chi connectivity index (χ2v) is 7.68. The number of anilines is 1. The van der Waals surface area contributed by atoms with Gasteiger partial charge in [0.1, 0.15) is 0 Å². The molecule has 1 saturated heterocycles. The highest BCUT2D eigenvalue weighted by Gasteiger charge is 2.19. The van der Waals surface area contributed by atoms with Gasteiger partial charge in [-0.15, -0.1) is 0 Å². The minimum atomic E-state index is -0.125. The number of ether oxygens (including phenoxy) is 1. The Morgan fingerprint density at radius 2 is 1.93 bits per heavy atom. The highest BCUT2D eigenvalue weighted by atomic mass is 16.5. The molecule has 1 aliphatic heterocycles. The van der Waals surface area contributed by atoms with Gasteiger partial charge in [-0.05, 0) is 50.1 Å². The van der Waals surface area contributed by atoms with Crippen LogP contribution in [0.1, 0.15) is 35.7 Å². The third-order valence-electron chi connectivity index (χ3n) is 5.22. The van der Waals surface area contributed by atoms with Crippen molar-refractivity contribution in [3.05, 3.63) is 59.7 Å². The smallest absolute Gasteiger partial charge is 0.252 e. The van der Waals surface area contributed by atoms with Crippen LogP contribution in [0.5, 0.6) is 0 Å². The van der Waals surface area contributed by atoms with Crippen molar-refractivity contribution in [3.63, 3.8) is 0 Å². The first kappa shape index (κ1) is 20.0. The minimum absolute atomic E-state index is 0.0876. The molecule has 30 heavy (non-hydrogen) atoms. The van der Waals surface area contributed by atoms with E-state index < -0.39 is 0 Å². The summed E-state index contributed by atoms with van der Waals surface area (Å²) in [4.78, 5) is 29.1. The van der Waals surface area contributed by atoms with E-state index in [4.69, 9.17) is 9.72 Å². The number of hydrogen-bond donors (Lipinski definition) is 2. The molecule has 4 rings (SSSR count). The Balaban J connectivity index is 1.68. The first-order valence-electron chi connectivity index (χ1n) is 10.2. The quantitative estimate of drug-likeness (QED) is 0.673. The lowest BCUT2D eigenvalue weighted by Crippen LogP contribution is -2.32. The van der Waals surface area contributed by atoms with Crippen LogP contribution in [0.25, 0.3) is 22.2 Å². The fraction of sp³-hybridized carbons (Fsp3) is 0.292. The zero-order valence-corrected chi connectivity index (χ0v) is 17.2. The molecule has 0 spiro atoms. The van der Waals surface area contributed by atoms with E-state index in [1.165, 1.54) is 6.92 Å². The number of pyridine rings is 1. The lowest BCUT2D eigenvalue weighted by Gasteiger charge is -2.14. The summed E-state index contributed by atoms with van der Waals surface area (Å²) in [6.07, 6.45) is 2.10. The van der Waals surface area contributed by atoms with Gasteiger partial charge in [-0.1, -0.05) is 23.8 Å². The average Bonchev–Trinajstić information content (AvgIpc) is 3.25. The van der Waals surface area contributed by atoms with E-state index >= 15 is 0 Å². The van der Waals surface area contributed by atoms with Crippen LogP contribution in [0, 0.1) is 6.92 Å². The van der Waals surface area contributed by atoms with Crippen LogP contribution in [0.2, 0.25) is 0 Å². The minimum Gasteiger partial charge on any atom is -0.376 e. The molecule has 0 aliphatic carbocycles. The lowest BCUT2D eigenvalue weighted by molar-refractivity contribution is -0.114. The fourth-order valence-electron chi connectivity index (χ4n) is 3.71. The van der Waals surface area contributed by atoms with Crippen molar-refractivity contribution < 1.29 is 14.3 Å². The predicted octanol–water partition coefficient (Wildman–Crippen LogP) is 4.08. The van der Waals surface area contributed by atoms with E-state index in [2.05, 4.69) is 10.6 Å². The number of fused-ring (bicyclic) bond motifs is 1. The molecule has 154 valence electrons. The summed E-state index contributed by atoms with van der Waals surface area (Å²) in [5.41, 5.74) is 4.75. The number of nitrogens with one attached hydrogen (secondary N) is 2. The fourth-order valence-corrected chi connectivity index (χ4v) is 3.71. The van der Waals surface area contributed by atoms with Gasteiger partial charge in [-0.2, -0.15) is 0 Å². The van der Waals surface area contributed by atoms with Crippen LogP contribution in [-0.4, -0.2) is 36.1 Å². The molecule has 1 aliphatic rings. The Bertz CT molecular complexity index is 1090. The summed E-state index contributed by atoms with van der Waals surface area (Å²) < 4.78 is 5.62. The van der Waals surface area contributed by atoms with E-state index in [1.807, 2.05) is 55.5 Å². The van der Waals surface area contributed by atoms with Crippen LogP contribution < -0.4 is 10.6 Å². The molecule has 6 nitrogen and oxygen atoms in total. The molecule has 2 N–H and O–H groups in total. The number of benzene rings is 2. The molecule has 6 heteroatoms. The molecule has 0 radical (unpaired) electrons. The van der Waals surface area contributed by atoms with Crippen LogP contribution in [0.15, 0.2) is 48.5 Å². The summed E-state index contributed by atoms with van der Waals surface area (Å²) in [7, 11) is 0. The number of amides is 2. The van der Waals surface area contributed by atoms with E-state index in [0.29, 0.717) is 17.8 Å². The van der Waals surface area contributed by atoms with E-state index in [-0.39, 0.29) is 17.9 Å². The zero-order valence-electron chi connectivity index (χ0n) is 17.2. The third kappa shape index (κ3) is 4.49. The molecule has 0 bridgehead atoms. The predicted molar refractivity (Wildman–Crippen MR) is 118 cm³/mol. The maximum Gasteiger partial charge on any atom is 0.252 e. The highest BCUT2D eigenvalue weighted by molar-refractivity contribution is 6.07. The van der Waals surface area contributed by atoms with Gasteiger partial charge in [0.05, 0.1) is 22.9 Å².